The molecule has 2 aromatic rings. The fourth-order valence-electron chi connectivity index (χ4n) is 1.52. The van der Waals surface area contributed by atoms with Crippen LogP contribution in [0.5, 0.6) is 0 Å². The molecular weight excluding hydrogens is 250 g/mol. The van der Waals surface area contributed by atoms with Crippen molar-refractivity contribution in [2.75, 3.05) is 6.61 Å². The molecule has 0 aliphatic carbocycles. The van der Waals surface area contributed by atoms with Crippen molar-refractivity contribution in [1.29, 1.82) is 0 Å². The normalized spacial score (nSPS) is 12.4. The number of carbonyl (C=O) groups is 1. The Morgan fingerprint density at radius 1 is 1.67 bits per heavy atom. The van der Waals surface area contributed by atoms with Gasteiger partial charge in [0.15, 0.2) is 0 Å². The monoisotopic (exact) mass is 265 g/mol. The summed E-state index contributed by atoms with van der Waals surface area (Å²) in [7, 11) is 0. The van der Waals surface area contributed by atoms with Gasteiger partial charge in [-0.25, -0.2) is 4.98 Å². The van der Waals surface area contributed by atoms with Crippen molar-refractivity contribution >= 4 is 17.2 Å². The van der Waals surface area contributed by atoms with Crippen LogP contribution in [0.1, 0.15) is 22.4 Å². The summed E-state index contributed by atoms with van der Waals surface area (Å²) < 4.78 is 0. The van der Waals surface area contributed by atoms with Gasteiger partial charge in [-0.3, -0.25) is 4.79 Å². The van der Waals surface area contributed by atoms with Crippen molar-refractivity contribution < 1.29 is 9.90 Å². The minimum Gasteiger partial charge on any atom is -0.394 e. The van der Waals surface area contributed by atoms with E-state index in [1.807, 2.05) is 12.3 Å². The van der Waals surface area contributed by atoms with E-state index in [1.54, 1.807) is 30.5 Å². The van der Waals surface area contributed by atoms with Crippen LogP contribution >= 0.6 is 11.3 Å². The Morgan fingerprint density at radius 3 is 3.06 bits per heavy atom. The molecule has 5 nitrogen and oxygen atoms in total. The predicted molar refractivity (Wildman–Crippen MR) is 70.7 cm³/mol. The Morgan fingerprint density at radius 2 is 2.44 bits per heavy atom. The zero-order valence-corrected chi connectivity index (χ0v) is 11.0. The van der Waals surface area contributed by atoms with Gasteiger partial charge in [0.25, 0.3) is 5.91 Å². The largest absolute Gasteiger partial charge is 0.394 e. The molecule has 1 amide bonds. The number of aliphatic hydroxyl groups excluding tert-OH is 1. The van der Waals surface area contributed by atoms with E-state index in [1.165, 1.54) is 0 Å². The van der Waals surface area contributed by atoms with Gasteiger partial charge < -0.3 is 15.4 Å². The maximum absolute atomic E-state index is 11.8. The number of nitrogens with zero attached hydrogens (tertiary/aromatic N) is 1. The number of nitrogens with one attached hydrogen (secondary N) is 2. The Labute approximate surface area is 109 Å². The van der Waals surface area contributed by atoms with Crippen LogP contribution in [0.25, 0.3) is 11.3 Å². The summed E-state index contributed by atoms with van der Waals surface area (Å²) in [6, 6.07) is 1.50. The first-order chi connectivity index (χ1) is 8.60. The van der Waals surface area contributed by atoms with Gasteiger partial charge >= 0.3 is 0 Å². The van der Waals surface area contributed by atoms with E-state index < -0.39 is 0 Å². The van der Waals surface area contributed by atoms with Crippen molar-refractivity contribution in [1.82, 2.24) is 15.3 Å². The molecule has 0 aromatic carbocycles. The predicted octanol–water partition coefficient (Wildman–Crippen LogP) is 1.56. The van der Waals surface area contributed by atoms with E-state index in [4.69, 9.17) is 5.11 Å². The van der Waals surface area contributed by atoms with Gasteiger partial charge in [0.2, 0.25) is 0 Å². The molecule has 0 saturated heterocycles. The SMILES string of the molecule is Cc1nc(-c2c[nH]c(C(=O)N[C@@H](C)CO)c2)cs1. The van der Waals surface area contributed by atoms with E-state index in [2.05, 4.69) is 15.3 Å². The summed E-state index contributed by atoms with van der Waals surface area (Å²) in [4.78, 5) is 19.1. The highest BCUT2D eigenvalue weighted by Crippen LogP contribution is 2.22. The molecule has 2 aromatic heterocycles. The number of H-pyrrole nitrogens is 1. The minimum atomic E-state index is -0.259. The van der Waals surface area contributed by atoms with Crippen molar-refractivity contribution in [3.05, 3.63) is 28.3 Å². The zero-order chi connectivity index (χ0) is 13.1. The zero-order valence-electron chi connectivity index (χ0n) is 10.2. The van der Waals surface area contributed by atoms with Crippen LogP contribution in [-0.4, -0.2) is 33.6 Å². The molecule has 0 aliphatic heterocycles. The molecule has 0 unspecified atom stereocenters. The van der Waals surface area contributed by atoms with Crippen LogP contribution in [0, 0.1) is 6.92 Å². The Balaban J connectivity index is 2.13. The lowest BCUT2D eigenvalue weighted by Gasteiger charge is -2.08. The second kappa shape index (κ2) is 5.32. The van der Waals surface area contributed by atoms with Crippen LogP contribution in [0.4, 0.5) is 0 Å². The van der Waals surface area contributed by atoms with Crippen LogP contribution in [-0.2, 0) is 0 Å². The van der Waals surface area contributed by atoms with E-state index >= 15 is 0 Å². The molecule has 1 atom stereocenters. The first kappa shape index (κ1) is 12.8. The van der Waals surface area contributed by atoms with E-state index in [9.17, 15) is 4.79 Å². The average Bonchev–Trinajstić information content (AvgIpc) is 2.96. The number of carbonyl (C=O) groups excluding carboxylic acids is 1. The Bertz CT molecular complexity index is 547. The van der Waals surface area contributed by atoms with Crippen LogP contribution < -0.4 is 5.32 Å². The fourth-order valence-corrected chi connectivity index (χ4v) is 2.14. The minimum absolute atomic E-state index is 0.0788. The Hall–Kier alpha value is -1.66. The number of hydrogen-bond donors (Lipinski definition) is 3. The first-order valence-corrected chi connectivity index (χ1v) is 6.50. The summed E-state index contributed by atoms with van der Waals surface area (Å²) in [5.41, 5.74) is 2.22. The lowest BCUT2D eigenvalue weighted by atomic mass is 10.2. The quantitative estimate of drug-likeness (QED) is 0.785. The van der Waals surface area contributed by atoms with E-state index in [0.29, 0.717) is 5.69 Å². The van der Waals surface area contributed by atoms with Crippen LogP contribution in [0.15, 0.2) is 17.6 Å². The van der Waals surface area contributed by atoms with E-state index in [0.717, 1.165) is 16.3 Å². The highest BCUT2D eigenvalue weighted by Gasteiger charge is 2.12. The third-order valence-corrected chi connectivity index (χ3v) is 3.27. The first-order valence-electron chi connectivity index (χ1n) is 5.63. The van der Waals surface area contributed by atoms with Crippen molar-refractivity contribution in [3.63, 3.8) is 0 Å². The number of thiazole rings is 1. The summed E-state index contributed by atoms with van der Waals surface area (Å²) in [5.74, 6) is -0.227. The highest BCUT2D eigenvalue weighted by molar-refractivity contribution is 7.09. The third-order valence-electron chi connectivity index (χ3n) is 2.49. The van der Waals surface area contributed by atoms with Gasteiger partial charge in [0.05, 0.1) is 17.3 Å². The molecule has 6 heteroatoms. The summed E-state index contributed by atoms with van der Waals surface area (Å²) in [6.07, 6.45) is 1.76. The number of aromatic nitrogens is 2. The molecule has 3 N–H and O–H groups in total. The van der Waals surface area contributed by atoms with Gasteiger partial charge in [-0.1, -0.05) is 0 Å². The summed E-state index contributed by atoms with van der Waals surface area (Å²) in [6.45, 7) is 3.60. The lowest BCUT2D eigenvalue weighted by Crippen LogP contribution is -2.35. The standard InChI is InChI=1S/C12H15N3O2S/c1-7(5-16)14-12(17)10-3-9(4-13-10)11-6-18-8(2)15-11/h3-4,6-7,13,16H,5H2,1-2H3,(H,14,17)/t7-/m0/s1. The second-order valence-electron chi connectivity index (χ2n) is 4.11. The maximum atomic E-state index is 11.8. The number of rotatable bonds is 4. The molecule has 2 rings (SSSR count). The van der Waals surface area contributed by atoms with Crippen LogP contribution in [0.3, 0.4) is 0 Å². The third kappa shape index (κ3) is 2.77. The van der Waals surface area contributed by atoms with Crippen molar-refractivity contribution in [3.8, 4) is 11.3 Å². The molecule has 0 radical (unpaired) electrons. The topological polar surface area (TPSA) is 78.0 Å². The molecule has 0 spiro atoms. The molecule has 0 bridgehead atoms. The number of amides is 1. The van der Waals surface area contributed by atoms with Gasteiger partial charge in [-0.05, 0) is 19.9 Å². The smallest absolute Gasteiger partial charge is 0.268 e. The Kier molecular flexibility index (Phi) is 3.78. The molecule has 0 aliphatic rings. The molecule has 2 heterocycles. The highest BCUT2D eigenvalue weighted by atomic mass is 32.1. The molecule has 96 valence electrons. The van der Waals surface area contributed by atoms with Gasteiger partial charge in [-0.2, -0.15) is 0 Å². The molecule has 0 saturated carbocycles. The lowest BCUT2D eigenvalue weighted by molar-refractivity contribution is 0.0918. The summed E-state index contributed by atoms with van der Waals surface area (Å²) in [5, 5.41) is 14.5. The maximum Gasteiger partial charge on any atom is 0.268 e. The number of aliphatic hydroxyl groups is 1. The number of aromatic amines is 1. The van der Waals surface area contributed by atoms with Gasteiger partial charge in [0.1, 0.15) is 5.69 Å². The van der Waals surface area contributed by atoms with Crippen molar-refractivity contribution in [2.45, 2.75) is 19.9 Å². The number of aryl methyl sites for hydroxylation is 1. The van der Waals surface area contributed by atoms with E-state index in [-0.39, 0.29) is 18.6 Å². The molecular formula is C12H15N3O2S. The van der Waals surface area contributed by atoms with Crippen molar-refractivity contribution in [2.24, 2.45) is 0 Å². The van der Waals surface area contributed by atoms with Gasteiger partial charge in [-0.15, -0.1) is 11.3 Å². The summed E-state index contributed by atoms with van der Waals surface area (Å²) >= 11 is 1.57. The average molecular weight is 265 g/mol. The second-order valence-corrected chi connectivity index (χ2v) is 5.17. The number of hydrogen-bond acceptors (Lipinski definition) is 4. The molecule has 0 fully saturated rings. The van der Waals surface area contributed by atoms with Crippen LogP contribution in [0.2, 0.25) is 0 Å². The fraction of sp³-hybridized carbons (Fsp3) is 0.333. The van der Waals surface area contributed by atoms with Gasteiger partial charge in [0, 0.05) is 23.2 Å². The molecule has 18 heavy (non-hydrogen) atoms.